The molecule has 2 rings (SSSR count). The Hall–Kier alpha value is -0.730. The van der Waals surface area contributed by atoms with Gasteiger partial charge in [-0.25, -0.2) is 0 Å². The SMILES string of the molecule is CC1(C)CCC(CO)(Nc2ccccc2Cl)C1. The van der Waals surface area contributed by atoms with Gasteiger partial charge in [-0.05, 0) is 36.8 Å². The van der Waals surface area contributed by atoms with Crippen molar-refractivity contribution in [3.05, 3.63) is 29.3 Å². The molecule has 1 fully saturated rings. The number of nitrogens with one attached hydrogen (secondary N) is 1. The topological polar surface area (TPSA) is 32.3 Å². The number of benzene rings is 1. The lowest BCUT2D eigenvalue weighted by atomic mass is 9.88. The average Bonchev–Trinajstić information content (AvgIpc) is 2.59. The molecular weight excluding hydrogens is 234 g/mol. The maximum absolute atomic E-state index is 9.70. The molecule has 1 aromatic carbocycles. The van der Waals surface area contributed by atoms with Crippen LogP contribution in [0.4, 0.5) is 5.69 Å². The summed E-state index contributed by atoms with van der Waals surface area (Å²) in [6.45, 7) is 4.65. The first kappa shape index (κ1) is 12.7. The first-order valence-corrected chi connectivity index (χ1v) is 6.48. The summed E-state index contributed by atoms with van der Waals surface area (Å²) in [4.78, 5) is 0. The van der Waals surface area contributed by atoms with Crippen molar-refractivity contribution < 1.29 is 5.11 Å². The minimum absolute atomic E-state index is 0.154. The molecule has 1 aromatic rings. The Balaban J connectivity index is 2.19. The van der Waals surface area contributed by atoms with E-state index in [-0.39, 0.29) is 17.6 Å². The van der Waals surface area contributed by atoms with Crippen molar-refractivity contribution in [1.29, 1.82) is 0 Å². The van der Waals surface area contributed by atoms with Crippen molar-refractivity contribution in [1.82, 2.24) is 0 Å². The largest absolute Gasteiger partial charge is 0.394 e. The highest BCUT2D eigenvalue weighted by atomic mass is 35.5. The number of hydrogen-bond donors (Lipinski definition) is 2. The third kappa shape index (κ3) is 2.75. The Bertz CT molecular complexity index is 405. The maximum Gasteiger partial charge on any atom is 0.0661 e. The summed E-state index contributed by atoms with van der Waals surface area (Å²) in [5, 5.41) is 13.9. The van der Waals surface area contributed by atoms with Crippen LogP contribution in [0.2, 0.25) is 5.02 Å². The number of rotatable bonds is 3. The monoisotopic (exact) mass is 253 g/mol. The van der Waals surface area contributed by atoms with Crippen LogP contribution in [0.25, 0.3) is 0 Å². The summed E-state index contributed by atoms with van der Waals surface area (Å²) >= 11 is 6.15. The fraction of sp³-hybridized carbons (Fsp3) is 0.571. The zero-order valence-electron chi connectivity index (χ0n) is 10.5. The fourth-order valence-corrected chi connectivity index (χ4v) is 2.98. The highest BCUT2D eigenvalue weighted by molar-refractivity contribution is 6.33. The number of para-hydroxylation sites is 1. The zero-order chi connectivity index (χ0) is 12.5. The number of anilines is 1. The second kappa shape index (κ2) is 4.51. The van der Waals surface area contributed by atoms with E-state index >= 15 is 0 Å². The lowest BCUT2D eigenvalue weighted by Gasteiger charge is -2.31. The molecule has 1 aliphatic rings. The first-order chi connectivity index (χ1) is 7.96. The van der Waals surface area contributed by atoms with Crippen molar-refractivity contribution in [3.8, 4) is 0 Å². The van der Waals surface area contributed by atoms with Gasteiger partial charge in [0.05, 0.1) is 22.9 Å². The molecule has 0 aromatic heterocycles. The second-order valence-electron chi connectivity index (χ2n) is 5.88. The van der Waals surface area contributed by atoms with E-state index in [1.807, 2.05) is 24.3 Å². The lowest BCUT2D eigenvalue weighted by Crippen LogP contribution is -2.40. The van der Waals surface area contributed by atoms with E-state index in [0.717, 1.165) is 24.9 Å². The molecule has 17 heavy (non-hydrogen) atoms. The van der Waals surface area contributed by atoms with E-state index in [4.69, 9.17) is 11.6 Å². The molecule has 1 aliphatic carbocycles. The first-order valence-electron chi connectivity index (χ1n) is 6.10. The maximum atomic E-state index is 9.70. The number of halogens is 1. The van der Waals surface area contributed by atoms with Crippen molar-refractivity contribution >= 4 is 17.3 Å². The Kier molecular flexibility index (Phi) is 3.37. The second-order valence-corrected chi connectivity index (χ2v) is 6.29. The minimum atomic E-state index is -0.214. The van der Waals surface area contributed by atoms with Gasteiger partial charge in [-0.15, -0.1) is 0 Å². The lowest BCUT2D eigenvalue weighted by molar-refractivity contribution is 0.202. The van der Waals surface area contributed by atoms with Crippen LogP contribution in [0.1, 0.15) is 33.1 Å². The Labute approximate surface area is 108 Å². The molecule has 94 valence electrons. The molecule has 0 saturated heterocycles. The summed E-state index contributed by atoms with van der Waals surface area (Å²) in [6.07, 6.45) is 3.09. The highest BCUT2D eigenvalue weighted by Crippen LogP contribution is 2.45. The van der Waals surface area contributed by atoms with Crippen LogP contribution in [0, 0.1) is 5.41 Å². The predicted molar refractivity (Wildman–Crippen MR) is 72.5 cm³/mol. The zero-order valence-corrected chi connectivity index (χ0v) is 11.2. The summed E-state index contributed by atoms with van der Waals surface area (Å²) in [5.74, 6) is 0. The van der Waals surface area contributed by atoms with Gasteiger partial charge in [-0.3, -0.25) is 0 Å². The third-order valence-electron chi connectivity index (χ3n) is 3.67. The Morgan fingerprint density at radius 1 is 1.29 bits per heavy atom. The van der Waals surface area contributed by atoms with Gasteiger partial charge in [0.15, 0.2) is 0 Å². The van der Waals surface area contributed by atoms with E-state index in [9.17, 15) is 5.11 Å². The number of hydrogen-bond acceptors (Lipinski definition) is 2. The molecular formula is C14H20ClNO. The normalized spacial score (nSPS) is 27.1. The molecule has 0 spiro atoms. The van der Waals surface area contributed by atoms with Crippen LogP contribution in [-0.2, 0) is 0 Å². The van der Waals surface area contributed by atoms with Crippen LogP contribution in [-0.4, -0.2) is 17.3 Å². The van der Waals surface area contributed by atoms with Gasteiger partial charge in [-0.1, -0.05) is 37.6 Å². The van der Waals surface area contributed by atoms with E-state index in [1.54, 1.807) is 0 Å². The van der Waals surface area contributed by atoms with Crippen LogP contribution in [0.15, 0.2) is 24.3 Å². The average molecular weight is 254 g/mol. The predicted octanol–water partition coefficient (Wildman–Crippen LogP) is 3.69. The van der Waals surface area contributed by atoms with Crippen molar-refractivity contribution in [3.63, 3.8) is 0 Å². The van der Waals surface area contributed by atoms with E-state index < -0.39 is 0 Å². The van der Waals surface area contributed by atoms with Gasteiger partial charge >= 0.3 is 0 Å². The minimum Gasteiger partial charge on any atom is -0.394 e. The van der Waals surface area contributed by atoms with Gasteiger partial charge in [0, 0.05) is 0 Å². The molecule has 1 unspecified atom stereocenters. The van der Waals surface area contributed by atoms with Crippen molar-refractivity contribution in [2.24, 2.45) is 5.41 Å². The summed E-state index contributed by atoms with van der Waals surface area (Å²) in [6, 6.07) is 7.71. The highest BCUT2D eigenvalue weighted by Gasteiger charge is 2.42. The van der Waals surface area contributed by atoms with E-state index in [1.165, 1.54) is 0 Å². The molecule has 0 heterocycles. The molecule has 1 atom stereocenters. The smallest absolute Gasteiger partial charge is 0.0661 e. The molecule has 0 bridgehead atoms. The molecule has 0 amide bonds. The van der Waals surface area contributed by atoms with Crippen LogP contribution in [0.5, 0.6) is 0 Å². The molecule has 1 saturated carbocycles. The molecule has 3 heteroatoms. The summed E-state index contributed by atoms with van der Waals surface area (Å²) < 4.78 is 0. The number of aliphatic hydroxyl groups is 1. The van der Waals surface area contributed by atoms with Gasteiger partial charge in [0.1, 0.15) is 0 Å². The third-order valence-corrected chi connectivity index (χ3v) is 4.00. The Morgan fingerprint density at radius 2 is 2.00 bits per heavy atom. The van der Waals surface area contributed by atoms with Crippen LogP contribution < -0.4 is 5.32 Å². The molecule has 0 radical (unpaired) electrons. The van der Waals surface area contributed by atoms with Crippen molar-refractivity contribution in [2.75, 3.05) is 11.9 Å². The fourth-order valence-electron chi connectivity index (χ4n) is 2.80. The molecule has 0 aliphatic heterocycles. The van der Waals surface area contributed by atoms with Crippen molar-refractivity contribution in [2.45, 2.75) is 38.6 Å². The van der Waals surface area contributed by atoms with Gasteiger partial charge in [-0.2, -0.15) is 0 Å². The summed E-state index contributed by atoms with van der Waals surface area (Å²) in [7, 11) is 0. The van der Waals surface area contributed by atoms with Gasteiger partial charge < -0.3 is 10.4 Å². The number of aliphatic hydroxyl groups excluding tert-OH is 1. The standard InChI is InChI=1S/C14H20ClNO/c1-13(2)7-8-14(9-13,10-17)16-12-6-4-3-5-11(12)15/h3-6,16-17H,7-10H2,1-2H3. The Morgan fingerprint density at radius 3 is 2.53 bits per heavy atom. The van der Waals surface area contributed by atoms with Gasteiger partial charge in [0.25, 0.3) is 0 Å². The summed E-state index contributed by atoms with van der Waals surface area (Å²) in [5.41, 5.74) is 0.992. The van der Waals surface area contributed by atoms with Gasteiger partial charge in [0.2, 0.25) is 0 Å². The van der Waals surface area contributed by atoms with Crippen LogP contribution >= 0.6 is 11.6 Å². The quantitative estimate of drug-likeness (QED) is 0.861. The van der Waals surface area contributed by atoms with Crippen LogP contribution in [0.3, 0.4) is 0 Å². The van der Waals surface area contributed by atoms with E-state index in [0.29, 0.717) is 5.02 Å². The van der Waals surface area contributed by atoms with E-state index in [2.05, 4.69) is 19.2 Å². The molecule has 2 N–H and O–H groups in total. The molecule has 2 nitrogen and oxygen atoms in total.